The normalized spacial score (nSPS) is 11.3. The summed E-state index contributed by atoms with van der Waals surface area (Å²) in [6.45, 7) is 7.56. The van der Waals surface area contributed by atoms with Crippen molar-refractivity contribution in [2.45, 2.75) is 4.90 Å². The molecule has 0 bridgehead atoms. The Hall–Kier alpha value is -1.11. The van der Waals surface area contributed by atoms with E-state index in [1.165, 1.54) is 29.6 Å². The molecule has 1 rings (SSSR count). The average molecular weight is 346 g/mol. The highest BCUT2D eigenvalue weighted by Gasteiger charge is 2.26. The van der Waals surface area contributed by atoms with Crippen molar-refractivity contribution in [3.8, 4) is 5.75 Å². The van der Waals surface area contributed by atoms with Crippen LogP contribution in [0, 0.1) is 0 Å². The molecule has 4 nitrogen and oxygen atoms in total. The van der Waals surface area contributed by atoms with Crippen molar-refractivity contribution in [3.05, 3.63) is 48.0 Å². The van der Waals surface area contributed by atoms with Crippen LogP contribution in [0.1, 0.15) is 0 Å². The fourth-order valence-corrected chi connectivity index (χ4v) is 3.63. The molecule has 0 saturated heterocycles. The van der Waals surface area contributed by atoms with Gasteiger partial charge in [0.25, 0.3) is 0 Å². The highest BCUT2D eigenvalue weighted by atomic mass is 79.9. The molecule has 6 heteroatoms. The van der Waals surface area contributed by atoms with Gasteiger partial charge in [-0.1, -0.05) is 28.1 Å². The molecule has 0 unspecified atom stereocenters. The molecule has 0 spiro atoms. The Morgan fingerprint density at radius 3 is 2.37 bits per heavy atom. The smallest absolute Gasteiger partial charge is 0.247 e. The van der Waals surface area contributed by atoms with E-state index in [0.717, 1.165) is 0 Å². The zero-order valence-electron chi connectivity index (χ0n) is 10.7. The Morgan fingerprint density at radius 1 is 1.32 bits per heavy atom. The molecule has 1 aromatic rings. The van der Waals surface area contributed by atoms with Crippen LogP contribution in [0.25, 0.3) is 0 Å². The van der Waals surface area contributed by atoms with E-state index in [1.54, 1.807) is 12.1 Å². The molecule has 0 aliphatic rings. The zero-order valence-corrected chi connectivity index (χ0v) is 13.1. The predicted octanol–water partition coefficient (Wildman–Crippen LogP) is 2.82. The number of benzene rings is 1. The van der Waals surface area contributed by atoms with Gasteiger partial charge in [-0.3, -0.25) is 0 Å². The lowest BCUT2D eigenvalue weighted by Gasteiger charge is -2.20. The van der Waals surface area contributed by atoms with Crippen molar-refractivity contribution in [1.29, 1.82) is 0 Å². The third-order valence-corrected chi connectivity index (χ3v) is 4.76. The van der Waals surface area contributed by atoms with Crippen LogP contribution in [0.2, 0.25) is 0 Å². The molecule has 0 aliphatic heterocycles. The maximum Gasteiger partial charge on any atom is 0.247 e. The summed E-state index contributed by atoms with van der Waals surface area (Å²) in [6, 6.07) is 4.85. The Morgan fingerprint density at radius 2 is 1.89 bits per heavy atom. The third kappa shape index (κ3) is 3.68. The summed E-state index contributed by atoms with van der Waals surface area (Å²) in [5.74, 6) is 0.307. The molecule has 104 valence electrons. The second-order valence-corrected chi connectivity index (χ2v) is 6.52. The van der Waals surface area contributed by atoms with Crippen LogP contribution in [-0.4, -0.2) is 32.9 Å². The summed E-state index contributed by atoms with van der Waals surface area (Å²) >= 11 is 3.27. The van der Waals surface area contributed by atoms with E-state index >= 15 is 0 Å². The van der Waals surface area contributed by atoms with Crippen LogP contribution < -0.4 is 4.74 Å². The highest BCUT2D eigenvalue weighted by Crippen LogP contribution is 2.29. The van der Waals surface area contributed by atoms with E-state index in [4.69, 9.17) is 4.74 Å². The number of halogens is 1. The van der Waals surface area contributed by atoms with Gasteiger partial charge in [0.2, 0.25) is 10.0 Å². The number of rotatable bonds is 7. The molecular weight excluding hydrogens is 330 g/mol. The fourth-order valence-electron chi connectivity index (χ4n) is 1.55. The Balaban J connectivity index is 3.34. The van der Waals surface area contributed by atoms with Crippen molar-refractivity contribution >= 4 is 26.0 Å². The minimum Gasteiger partial charge on any atom is -0.495 e. The maximum absolute atomic E-state index is 12.6. The number of nitrogens with zero attached hydrogens (tertiary/aromatic N) is 1. The second kappa shape index (κ2) is 6.88. The van der Waals surface area contributed by atoms with E-state index in [-0.39, 0.29) is 18.0 Å². The Kier molecular flexibility index (Phi) is 5.78. The van der Waals surface area contributed by atoms with Crippen LogP contribution in [0.4, 0.5) is 0 Å². The van der Waals surface area contributed by atoms with Crippen LogP contribution in [-0.2, 0) is 10.0 Å². The van der Waals surface area contributed by atoms with E-state index in [9.17, 15) is 8.42 Å². The van der Waals surface area contributed by atoms with Crippen molar-refractivity contribution in [2.24, 2.45) is 0 Å². The standard InChI is InChI=1S/C13H16BrNO3S/c1-4-8-15(9-5-2)19(16,17)13-10-11(14)6-7-12(13)18-3/h4-7,10H,1-2,8-9H2,3H3. The molecule has 0 fully saturated rings. The quantitative estimate of drug-likeness (QED) is 0.714. The van der Waals surface area contributed by atoms with Gasteiger partial charge < -0.3 is 4.74 Å². The predicted molar refractivity (Wildman–Crippen MR) is 79.8 cm³/mol. The molecule has 0 atom stereocenters. The van der Waals surface area contributed by atoms with Gasteiger partial charge in [0.05, 0.1) is 7.11 Å². The zero-order chi connectivity index (χ0) is 14.5. The minimum atomic E-state index is -3.65. The Bertz CT molecular complexity index is 559. The topological polar surface area (TPSA) is 46.6 Å². The van der Waals surface area contributed by atoms with Crippen LogP contribution in [0.5, 0.6) is 5.75 Å². The fraction of sp³-hybridized carbons (Fsp3) is 0.231. The van der Waals surface area contributed by atoms with Gasteiger partial charge in [-0.2, -0.15) is 4.31 Å². The van der Waals surface area contributed by atoms with Crippen molar-refractivity contribution in [1.82, 2.24) is 4.31 Å². The molecule has 0 N–H and O–H groups in total. The minimum absolute atomic E-state index is 0.119. The number of methoxy groups -OCH3 is 1. The van der Waals surface area contributed by atoms with Crippen LogP contribution in [0.15, 0.2) is 52.9 Å². The van der Waals surface area contributed by atoms with Gasteiger partial charge in [-0.15, -0.1) is 13.2 Å². The highest BCUT2D eigenvalue weighted by molar-refractivity contribution is 9.10. The lowest BCUT2D eigenvalue weighted by Crippen LogP contribution is -2.31. The number of hydrogen-bond acceptors (Lipinski definition) is 3. The number of hydrogen-bond donors (Lipinski definition) is 0. The van der Waals surface area contributed by atoms with E-state index < -0.39 is 10.0 Å². The lowest BCUT2D eigenvalue weighted by molar-refractivity contribution is 0.398. The van der Waals surface area contributed by atoms with Gasteiger partial charge in [-0.05, 0) is 18.2 Å². The molecule has 0 aliphatic carbocycles. The summed E-state index contributed by atoms with van der Waals surface area (Å²) in [7, 11) is -2.22. The first kappa shape index (κ1) is 15.9. The van der Waals surface area contributed by atoms with Crippen molar-refractivity contribution < 1.29 is 13.2 Å². The SMILES string of the molecule is C=CCN(CC=C)S(=O)(=O)c1cc(Br)ccc1OC. The largest absolute Gasteiger partial charge is 0.495 e. The van der Waals surface area contributed by atoms with Crippen LogP contribution in [0.3, 0.4) is 0 Å². The molecule has 0 amide bonds. The Labute approximate surface area is 122 Å². The first-order chi connectivity index (χ1) is 8.97. The van der Waals surface area contributed by atoms with E-state index in [0.29, 0.717) is 10.2 Å². The average Bonchev–Trinajstić information content (AvgIpc) is 2.38. The van der Waals surface area contributed by atoms with Gasteiger partial charge in [0.15, 0.2) is 0 Å². The van der Waals surface area contributed by atoms with Gasteiger partial charge in [0.1, 0.15) is 10.6 Å². The molecule has 0 heterocycles. The first-order valence-corrected chi connectivity index (χ1v) is 7.76. The maximum atomic E-state index is 12.6. The first-order valence-electron chi connectivity index (χ1n) is 5.52. The summed E-state index contributed by atoms with van der Waals surface area (Å²) in [6.07, 6.45) is 3.07. The summed E-state index contributed by atoms with van der Waals surface area (Å²) in [5, 5.41) is 0. The van der Waals surface area contributed by atoms with Crippen molar-refractivity contribution in [2.75, 3.05) is 20.2 Å². The molecule has 1 aromatic carbocycles. The number of ether oxygens (including phenoxy) is 1. The van der Waals surface area contributed by atoms with Crippen molar-refractivity contribution in [3.63, 3.8) is 0 Å². The molecular formula is C13H16BrNO3S. The molecule has 0 saturated carbocycles. The third-order valence-electron chi connectivity index (χ3n) is 2.41. The van der Waals surface area contributed by atoms with Gasteiger partial charge in [0, 0.05) is 17.6 Å². The van der Waals surface area contributed by atoms with E-state index in [1.807, 2.05) is 0 Å². The molecule has 19 heavy (non-hydrogen) atoms. The van der Waals surface area contributed by atoms with Gasteiger partial charge >= 0.3 is 0 Å². The monoisotopic (exact) mass is 345 g/mol. The molecule has 0 radical (unpaired) electrons. The lowest BCUT2D eigenvalue weighted by atomic mass is 10.3. The second-order valence-electron chi connectivity index (χ2n) is 3.69. The molecule has 0 aromatic heterocycles. The van der Waals surface area contributed by atoms with Crippen LogP contribution >= 0.6 is 15.9 Å². The summed E-state index contributed by atoms with van der Waals surface area (Å²) < 4.78 is 32.2. The number of sulfonamides is 1. The summed E-state index contributed by atoms with van der Waals surface area (Å²) in [5.41, 5.74) is 0. The van der Waals surface area contributed by atoms with E-state index in [2.05, 4.69) is 29.1 Å². The van der Waals surface area contributed by atoms with Gasteiger partial charge in [-0.25, -0.2) is 8.42 Å². The summed E-state index contributed by atoms with van der Waals surface area (Å²) in [4.78, 5) is 0.119.